The molecule has 0 aliphatic carbocycles. The fourth-order valence-corrected chi connectivity index (χ4v) is 1.72. The van der Waals surface area contributed by atoms with Crippen LogP contribution in [0.4, 0.5) is 0 Å². The molecule has 0 bridgehead atoms. The Morgan fingerprint density at radius 3 is 2.89 bits per heavy atom. The van der Waals surface area contributed by atoms with Crippen molar-refractivity contribution in [3.8, 4) is 0 Å². The lowest BCUT2D eigenvalue weighted by Crippen LogP contribution is -2.28. The summed E-state index contributed by atoms with van der Waals surface area (Å²) in [7, 11) is 1.60. The van der Waals surface area contributed by atoms with Crippen LogP contribution in [0.3, 0.4) is 0 Å². The highest BCUT2D eigenvalue weighted by Crippen LogP contribution is 2.06. The molecule has 1 amide bonds. The summed E-state index contributed by atoms with van der Waals surface area (Å²) in [6.07, 6.45) is 0.664. The molecule has 0 aliphatic rings. The molecular formula is C12H18ClN3O2. The lowest BCUT2D eigenvalue weighted by Gasteiger charge is -2.10. The Hall–Kier alpha value is -1.20. The van der Waals surface area contributed by atoms with Crippen LogP contribution in [-0.2, 0) is 4.74 Å². The van der Waals surface area contributed by atoms with E-state index >= 15 is 0 Å². The zero-order chi connectivity index (χ0) is 13.5. The third-order valence-corrected chi connectivity index (χ3v) is 2.78. The van der Waals surface area contributed by atoms with Crippen LogP contribution in [0.25, 0.3) is 0 Å². The van der Waals surface area contributed by atoms with Crippen molar-refractivity contribution in [3.05, 3.63) is 23.0 Å². The minimum absolute atomic E-state index is 0.0892. The number of halogens is 1. The molecule has 1 unspecified atom stereocenters. The number of alkyl halides is 1. The first-order valence-electron chi connectivity index (χ1n) is 5.76. The summed E-state index contributed by atoms with van der Waals surface area (Å²) in [6, 6.07) is 1.73. The average Bonchev–Trinajstić information content (AvgIpc) is 2.32. The van der Waals surface area contributed by atoms with Crippen LogP contribution < -0.4 is 5.32 Å². The van der Waals surface area contributed by atoms with Crippen LogP contribution in [0.2, 0.25) is 0 Å². The lowest BCUT2D eigenvalue weighted by molar-refractivity contribution is 0.0950. The van der Waals surface area contributed by atoms with Gasteiger partial charge >= 0.3 is 0 Å². The van der Waals surface area contributed by atoms with Gasteiger partial charge in [0.25, 0.3) is 5.91 Å². The van der Waals surface area contributed by atoms with Gasteiger partial charge in [-0.05, 0) is 26.3 Å². The van der Waals surface area contributed by atoms with Gasteiger partial charge < -0.3 is 10.1 Å². The number of hydrogen-bond donors (Lipinski definition) is 1. The molecule has 5 nitrogen and oxygen atoms in total. The van der Waals surface area contributed by atoms with E-state index in [-0.39, 0.29) is 11.3 Å². The fraction of sp³-hybridized carbons (Fsp3) is 0.583. The van der Waals surface area contributed by atoms with Gasteiger partial charge in [0, 0.05) is 13.7 Å². The number of nitrogens with zero attached hydrogens (tertiary/aromatic N) is 2. The van der Waals surface area contributed by atoms with Gasteiger partial charge in [-0.25, -0.2) is 0 Å². The van der Waals surface area contributed by atoms with Crippen molar-refractivity contribution in [1.29, 1.82) is 0 Å². The third kappa shape index (κ3) is 4.58. The van der Waals surface area contributed by atoms with E-state index in [0.29, 0.717) is 30.8 Å². The quantitative estimate of drug-likeness (QED) is 0.796. The molecule has 0 aromatic carbocycles. The van der Waals surface area contributed by atoms with E-state index in [1.54, 1.807) is 27.0 Å². The van der Waals surface area contributed by atoms with Crippen molar-refractivity contribution >= 4 is 17.5 Å². The monoisotopic (exact) mass is 271 g/mol. The second kappa shape index (κ2) is 7.28. The van der Waals surface area contributed by atoms with Crippen LogP contribution in [0.5, 0.6) is 0 Å². The third-order valence-electron chi connectivity index (χ3n) is 2.44. The van der Waals surface area contributed by atoms with Gasteiger partial charge in [-0.1, -0.05) is 0 Å². The molecular weight excluding hydrogens is 254 g/mol. The molecule has 0 aliphatic heterocycles. The predicted octanol–water partition coefficient (Wildman–Crippen LogP) is 1.47. The molecule has 1 heterocycles. The maximum atomic E-state index is 11.9. The molecule has 0 spiro atoms. The Balaban J connectivity index is 2.48. The molecule has 1 aromatic rings. The first-order valence-corrected chi connectivity index (χ1v) is 6.20. The van der Waals surface area contributed by atoms with E-state index in [4.69, 9.17) is 16.3 Å². The van der Waals surface area contributed by atoms with Gasteiger partial charge in [0.2, 0.25) is 0 Å². The molecule has 6 heteroatoms. The molecule has 0 fully saturated rings. The minimum atomic E-state index is -0.146. The van der Waals surface area contributed by atoms with Crippen LogP contribution in [0.15, 0.2) is 6.07 Å². The highest BCUT2D eigenvalue weighted by molar-refractivity contribution is 6.20. The lowest BCUT2D eigenvalue weighted by atomic mass is 10.2. The standard InChI is InChI=1S/C12H18ClN3O2/c1-8-6-11(9(2)16-15-8)12(17)14-5-4-10(13)7-18-3/h6,10H,4-5,7H2,1-3H3,(H,14,17). The van der Waals surface area contributed by atoms with Crippen molar-refractivity contribution < 1.29 is 9.53 Å². The van der Waals surface area contributed by atoms with Crippen molar-refractivity contribution in [2.24, 2.45) is 0 Å². The first kappa shape index (κ1) is 14.9. The zero-order valence-corrected chi connectivity index (χ0v) is 11.6. The summed E-state index contributed by atoms with van der Waals surface area (Å²) in [6.45, 7) is 4.55. The molecule has 1 N–H and O–H groups in total. The van der Waals surface area contributed by atoms with E-state index in [2.05, 4.69) is 15.5 Å². The summed E-state index contributed by atoms with van der Waals surface area (Å²) in [5.74, 6) is -0.146. The maximum Gasteiger partial charge on any atom is 0.253 e. The summed E-state index contributed by atoms with van der Waals surface area (Å²) in [5.41, 5.74) is 1.90. The van der Waals surface area contributed by atoms with E-state index < -0.39 is 0 Å². The van der Waals surface area contributed by atoms with E-state index in [9.17, 15) is 4.79 Å². The number of aromatic nitrogens is 2. The van der Waals surface area contributed by atoms with E-state index in [1.807, 2.05) is 0 Å². The zero-order valence-electron chi connectivity index (χ0n) is 10.9. The van der Waals surface area contributed by atoms with Crippen molar-refractivity contribution in [3.63, 3.8) is 0 Å². The number of hydrogen-bond acceptors (Lipinski definition) is 4. The molecule has 0 saturated heterocycles. The second-order valence-electron chi connectivity index (χ2n) is 4.08. The molecule has 18 heavy (non-hydrogen) atoms. The molecule has 1 rings (SSSR count). The van der Waals surface area contributed by atoms with Gasteiger partial charge in [0.15, 0.2) is 0 Å². The number of methoxy groups -OCH3 is 1. The Morgan fingerprint density at radius 2 is 2.22 bits per heavy atom. The maximum absolute atomic E-state index is 11.9. The van der Waals surface area contributed by atoms with Gasteiger partial charge in [0.05, 0.1) is 28.9 Å². The van der Waals surface area contributed by atoms with Crippen LogP contribution >= 0.6 is 11.6 Å². The Morgan fingerprint density at radius 1 is 1.50 bits per heavy atom. The molecule has 0 saturated carbocycles. The highest BCUT2D eigenvalue weighted by atomic mass is 35.5. The number of carbonyl (C=O) groups excluding carboxylic acids is 1. The smallest absolute Gasteiger partial charge is 0.253 e. The normalized spacial score (nSPS) is 12.2. The van der Waals surface area contributed by atoms with E-state index in [0.717, 1.165) is 5.69 Å². The summed E-state index contributed by atoms with van der Waals surface area (Å²) in [4.78, 5) is 11.9. The van der Waals surface area contributed by atoms with Gasteiger partial charge in [-0.15, -0.1) is 11.6 Å². The highest BCUT2D eigenvalue weighted by Gasteiger charge is 2.11. The average molecular weight is 272 g/mol. The van der Waals surface area contributed by atoms with Crippen LogP contribution in [0, 0.1) is 13.8 Å². The Labute approximate surface area is 112 Å². The van der Waals surface area contributed by atoms with E-state index in [1.165, 1.54) is 0 Å². The summed E-state index contributed by atoms with van der Waals surface area (Å²) >= 11 is 5.97. The molecule has 100 valence electrons. The summed E-state index contributed by atoms with van der Waals surface area (Å²) in [5, 5.41) is 10.5. The van der Waals surface area contributed by atoms with Crippen LogP contribution in [-0.4, -0.2) is 41.7 Å². The van der Waals surface area contributed by atoms with Gasteiger partial charge in [-0.2, -0.15) is 10.2 Å². The molecule has 1 atom stereocenters. The Kier molecular flexibility index (Phi) is 6.01. The number of rotatable bonds is 6. The number of carbonyl (C=O) groups is 1. The van der Waals surface area contributed by atoms with Gasteiger partial charge in [0.1, 0.15) is 0 Å². The SMILES string of the molecule is COCC(Cl)CCNC(=O)c1cc(C)nnc1C. The largest absolute Gasteiger partial charge is 0.383 e. The van der Waals surface area contributed by atoms with Crippen molar-refractivity contribution in [2.45, 2.75) is 25.6 Å². The topological polar surface area (TPSA) is 64.1 Å². The second-order valence-corrected chi connectivity index (χ2v) is 4.70. The predicted molar refractivity (Wildman–Crippen MR) is 70.0 cm³/mol. The Bertz CT molecular complexity index is 412. The summed E-state index contributed by atoms with van der Waals surface area (Å²) < 4.78 is 4.92. The number of aryl methyl sites for hydroxylation is 2. The van der Waals surface area contributed by atoms with Crippen molar-refractivity contribution in [1.82, 2.24) is 15.5 Å². The molecule has 0 radical (unpaired) electrons. The van der Waals surface area contributed by atoms with Gasteiger partial charge in [-0.3, -0.25) is 4.79 Å². The number of amides is 1. The number of ether oxygens (including phenoxy) is 1. The van der Waals surface area contributed by atoms with Crippen LogP contribution in [0.1, 0.15) is 28.2 Å². The number of nitrogens with one attached hydrogen (secondary N) is 1. The minimum Gasteiger partial charge on any atom is -0.383 e. The first-order chi connectivity index (χ1) is 8.54. The van der Waals surface area contributed by atoms with Crippen molar-refractivity contribution in [2.75, 3.05) is 20.3 Å². The fourth-order valence-electron chi connectivity index (χ4n) is 1.48. The molecule has 1 aromatic heterocycles.